The third kappa shape index (κ3) is 5.00. The van der Waals surface area contributed by atoms with E-state index in [2.05, 4.69) is 10.3 Å². The predicted molar refractivity (Wildman–Crippen MR) is 110 cm³/mol. The van der Waals surface area contributed by atoms with Crippen LogP contribution in [0.25, 0.3) is 16.3 Å². The van der Waals surface area contributed by atoms with Gasteiger partial charge in [-0.1, -0.05) is 30.3 Å². The summed E-state index contributed by atoms with van der Waals surface area (Å²) >= 11 is 1.54. The maximum absolute atomic E-state index is 12.3. The molecule has 0 saturated carbocycles. The number of carbonyl (C=O) groups excluding carboxylic acids is 1. The molecule has 0 atom stereocenters. The molecule has 0 aliphatic heterocycles. The average Bonchev–Trinajstić information content (AvgIpc) is 3.00. The van der Waals surface area contributed by atoms with Crippen molar-refractivity contribution in [2.45, 2.75) is 6.92 Å². The molecule has 140 valence electrons. The molecule has 0 spiro atoms. The summed E-state index contributed by atoms with van der Waals surface area (Å²) in [6.07, 6.45) is 1.50. The summed E-state index contributed by atoms with van der Waals surface area (Å²) in [6.45, 7) is 1.65. The summed E-state index contributed by atoms with van der Waals surface area (Å²) in [5.74, 6) is -0.408. The molecule has 0 bridgehead atoms. The molecule has 6 nitrogen and oxygen atoms in total. The summed E-state index contributed by atoms with van der Waals surface area (Å²) in [6, 6.07) is 14.5. The van der Waals surface area contributed by atoms with Crippen molar-refractivity contribution in [3.63, 3.8) is 0 Å². The van der Waals surface area contributed by atoms with Crippen LogP contribution in [0.4, 0.5) is 5.69 Å². The Kier molecular flexibility index (Phi) is 5.69. The van der Waals surface area contributed by atoms with Gasteiger partial charge in [0.25, 0.3) is 0 Å². The van der Waals surface area contributed by atoms with Crippen LogP contribution in [0.1, 0.15) is 10.6 Å². The van der Waals surface area contributed by atoms with Gasteiger partial charge >= 0.3 is 0 Å². The van der Waals surface area contributed by atoms with Gasteiger partial charge in [-0.25, -0.2) is 13.4 Å². The molecule has 0 aliphatic carbocycles. The molecule has 1 aromatic heterocycles. The third-order valence-corrected chi connectivity index (χ3v) is 6.22. The minimum Gasteiger partial charge on any atom is -0.325 e. The Morgan fingerprint density at radius 3 is 2.70 bits per heavy atom. The first kappa shape index (κ1) is 19.2. The topological polar surface area (TPSA) is 79.4 Å². The lowest BCUT2D eigenvalue weighted by molar-refractivity contribution is -0.116. The summed E-state index contributed by atoms with van der Waals surface area (Å²) in [5, 5.41) is 4.78. The first-order chi connectivity index (χ1) is 12.8. The summed E-state index contributed by atoms with van der Waals surface area (Å²) < 4.78 is 26.6. The first-order valence-corrected chi connectivity index (χ1v) is 10.5. The number of likely N-dealkylation sites (N-methyl/N-ethyl adjacent to an activating group) is 1. The van der Waals surface area contributed by atoms with Crippen molar-refractivity contribution in [3.8, 4) is 0 Å². The number of carbonyl (C=O) groups is 1. The maximum Gasteiger partial charge on any atom is 0.239 e. The fraction of sp³-hybridized carbons (Fsp3) is 0.158. The second-order valence-electron chi connectivity index (χ2n) is 5.98. The fourth-order valence-corrected chi connectivity index (χ4v) is 4.14. The molecule has 0 radical (unpaired) electrons. The lowest BCUT2D eigenvalue weighted by Gasteiger charge is -2.14. The number of nitrogens with zero attached hydrogens (tertiary/aromatic N) is 2. The Morgan fingerprint density at radius 2 is 1.96 bits per heavy atom. The Morgan fingerprint density at radius 1 is 1.22 bits per heavy atom. The highest BCUT2D eigenvalue weighted by Crippen LogP contribution is 2.24. The van der Waals surface area contributed by atoms with E-state index in [1.54, 1.807) is 18.2 Å². The number of aryl methyl sites for hydroxylation is 1. The number of fused-ring (bicyclic) bond motifs is 1. The monoisotopic (exact) mass is 401 g/mol. The van der Waals surface area contributed by atoms with Crippen LogP contribution in [-0.4, -0.2) is 37.2 Å². The Bertz CT molecular complexity index is 1090. The minimum absolute atomic E-state index is 0.277. The van der Waals surface area contributed by atoms with Crippen molar-refractivity contribution in [1.29, 1.82) is 0 Å². The van der Waals surface area contributed by atoms with E-state index in [4.69, 9.17) is 0 Å². The van der Waals surface area contributed by atoms with E-state index in [1.807, 2.05) is 37.3 Å². The highest BCUT2D eigenvalue weighted by Gasteiger charge is 2.18. The molecule has 27 heavy (non-hydrogen) atoms. The lowest BCUT2D eigenvalue weighted by Crippen LogP contribution is -2.33. The molecule has 1 heterocycles. The molecule has 0 fully saturated rings. The van der Waals surface area contributed by atoms with E-state index >= 15 is 0 Å². The smallest absolute Gasteiger partial charge is 0.239 e. The number of hydrogen-bond acceptors (Lipinski definition) is 5. The van der Waals surface area contributed by atoms with E-state index < -0.39 is 15.9 Å². The Labute approximate surface area is 162 Å². The zero-order valence-electron chi connectivity index (χ0n) is 14.9. The Hall–Kier alpha value is -2.55. The standard InChI is InChI=1S/C19H19N3O3S2/c1-14-20-17-9-8-16(12-18(17)26-14)21-19(23)13-22(2)27(24,25)11-10-15-6-4-3-5-7-15/h3-12H,13H2,1-2H3,(H,21,23)/b11-10+. The zero-order chi connectivity index (χ0) is 19.4. The van der Waals surface area contributed by atoms with Crippen molar-refractivity contribution in [1.82, 2.24) is 9.29 Å². The molecular weight excluding hydrogens is 382 g/mol. The molecule has 2 aromatic carbocycles. The number of amides is 1. The van der Waals surface area contributed by atoms with Gasteiger partial charge in [-0.3, -0.25) is 4.79 Å². The molecule has 0 saturated heterocycles. The average molecular weight is 402 g/mol. The number of sulfonamides is 1. The fourth-order valence-electron chi connectivity index (χ4n) is 2.44. The molecule has 0 unspecified atom stereocenters. The van der Waals surface area contributed by atoms with Crippen LogP contribution in [0.5, 0.6) is 0 Å². The van der Waals surface area contributed by atoms with E-state index in [0.29, 0.717) is 5.69 Å². The van der Waals surface area contributed by atoms with Crippen LogP contribution in [0.2, 0.25) is 0 Å². The number of nitrogens with one attached hydrogen (secondary N) is 1. The SMILES string of the molecule is Cc1nc2ccc(NC(=O)CN(C)S(=O)(=O)/C=C/c3ccccc3)cc2s1. The highest BCUT2D eigenvalue weighted by molar-refractivity contribution is 7.92. The van der Waals surface area contributed by atoms with Crippen LogP contribution in [0.15, 0.2) is 53.9 Å². The van der Waals surface area contributed by atoms with E-state index in [9.17, 15) is 13.2 Å². The second kappa shape index (κ2) is 7.99. The van der Waals surface area contributed by atoms with Gasteiger partial charge in [0.2, 0.25) is 15.9 Å². The van der Waals surface area contributed by atoms with E-state index in [1.165, 1.54) is 24.5 Å². The zero-order valence-corrected chi connectivity index (χ0v) is 16.5. The van der Waals surface area contributed by atoms with Crippen LogP contribution in [0, 0.1) is 6.92 Å². The van der Waals surface area contributed by atoms with Gasteiger partial charge in [-0.15, -0.1) is 11.3 Å². The van der Waals surface area contributed by atoms with Gasteiger partial charge in [-0.2, -0.15) is 4.31 Å². The number of anilines is 1. The van der Waals surface area contributed by atoms with Crippen molar-refractivity contribution < 1.29 is 13.2 Å². The van der Waals surface area contributed by atoms with Gasteiger partial charge in [0.1, 0.15) is 0 Å². The molecule has 3 aromatic rings. The molecule has 1 amide bonds. The van der Waals surface area contributed by atoms with E-state index in [-0.39, 0.29) is 6.54 Å². The number of aromatic nitrogens is 1. The largest absolute Gasteiger partial charge is 0.325 e. The number of benzene rings is 2. The summed E-state index contributed by atoms with van der Waals surface area (Å²) in [5.41, 5.74) is 2.26. The molecule has 0 aliphatic rings. The Balaban J connectivity index is 1.64. The maximum atomic E-state index is 12.3. The van der Waals surface area contributed by atoms with Crippen LogP contribution in [0.3, 0.4) is 0 Å². The highest BCUT2D eigenvalue weighted by atomic mass is 32.2. The number of rotatable bonds is 6. The second-order valence-corrected chi connectivity index (χ2v) is 9.14. The van der Waals surface area contributed by atoms with Crippen LogP contribution < -0.4 is 5.32 Å². The summed E-state index contributed by atoms with van der Waals surface area (Å²) in [7, 11) is -2.32. The van der Waals surface area contributed by atoms with Gasteiger partial charge in [0, 0.05) is 18.1 Å². The van der Waals surface area contributed by atoms with Crippen molar-refractivity contribution >= 4 is 49.2 Å². The minimum atomic E-state index is -3.69. The predicted octanol–water partition coefficient (Wildman–Crippen LogP) is 3.48. The van der Waals surface area contributed by atoms with Crippen molar-refractivity contribution in [2.24, 2.45) is 0 Å². The van der Waals surface area contributed by atoms with Gasteiger partial charge in [0.15, 0.2) is 0 Å². The normalized spacial score (nSPS) is 12.1. The van der Waals surface area contributed by atoms with Crippen LogP contribution in [-0.2, 0) is 14.8 Å². The molecule has 8 heteroatoms. The molecule has 1 N–H and O–H groups in total. The van der Waals surface area contributed by atoms with Crippen LogP contribution >= 0.6 is 11.3 Å². The van der Waals surface area contributed by atoms with E-state index in [0.717, 1.165) is 30.5 Å². The van der Waals surface area contributed by atoms with Gasteiger partial charge < -0.3 is 5.32 Å². The number of hydrogen-bond donors (Lipinski definition) is 1. The quantitative estimate of drug-likeness (QED) is 0.686. The summed E-state index contributed by atoms with van der Waals surface area (Å²) in [4.78, 5) is 16.6. The van der Waals surface area contributed by atoms with Gasteiger partial charge in [0.05, 0.1) is 21.8 Å². The van der Waals surface area contributed by atoms with Gasteiger partial charge in [-0.05, 0) is 36.8 Å². The first-order valence-electron chi connectivity index (χ1n) is 8.20. The lowest BCUT2D eigenvalue weighted by atomic mass is 10.2. The van der Waals surface area contributed by atoms with Crippen molar-refractivity contribution in [2.75, 3.05) is 18.9 Å². The third-order valence-electron chi connectivity index (χ3n) is 3.81. The number of thiazole rings is 1. The molecular formula is C19H19N3O3S2. The van der Waals surface area contributed by atoms with Crippen molar-refractivity contribution in [3.05, 3.63) is 64.5 Å². The molecule has 3 rings (SSSR count).